The largest absolute Gasteiger partial charge is 0.465 e. The number of ether oxygens (including phenoxy) is 1. The van der Waals surface area contributed by atoms with E-state index < -0.39 is 12.2 Å². The van der Waals surface area contributed by atoms with E-state index in [-0.39, 0.29) is 38.9 Å². The highest BCUT2D eigenvalue weighted by atomic mass is 16.6. The van der Waals surface area contributed by atoms with E-state index in [2.05, 4.69) is 0 Å². The van der Waals surface area contributed by atoms with Crippen molar-refractivity contribution in [3.05, 3.63) is 35.9 Å². The van der Waals surface area contributed by atoms with Gasteiger partial charge in [-0.25, -0.2) is 9.59 Å². The van der Waals surface area contributed by atoms with E-state index in [1.807, 2.05) is 30.3 Å². The average Bonchev–Trinajstić information content (AvgIpc) is 2.54. The summed E-state index contributed by atoms with van der Waals surface area (Å²) in [4.78, 5) is 26.0. The van der Waals surface area contributed by atoms with Gasteiger partial charge in [-0.2, -0.15) is 0 Å². The quantitative estimate of drug-likeness (QED) is 0.876. The van der Waals surface area contributed by atoms with Crippen molar-refractivity contribution in [2.45, 2.75) is 19.1 Å². The van der Waals surface area contributed by atoms with Crippen LogP contribution in [0.1, 0.15) is 12.0 Å². The number of aliphatic hydroxyl groups is 1. The molecule has 0 radical (unpaired) electrons. The predicted molar refractivity (Wildman–Crippen MR) is 78.4 cm³/mol. The number of hydrogen-bond acceptors (Lipinski definition) is 4. The smallest absolute Gasteiger partial charge is 0.410 e. The van der Waals surface area contributed by atoms with Gasteiger partial charge in [-0.15, -0.1) is 0 Å². The summed E-state index contributed by atoms with van der Waals surface area (Å²) in [6.45, 7) is 0.768. The van der Waals surface area contributed by atoms with Gasteiger partial charge in [-0.05, 0) is 12.0 Å². The van der Waals surface area contributed by atoms with Crippen LogP contribution in [-0.2, 0) is 11.3 Å². The Bertz CT molecular complexity index is 508. The second kappa shape index (κ2) is 7.65. The molecule has 0 aromatic heterocycles. The zero-order valence-electron chi connectivity index (χ0n) is 12.2. The lowest BCUT2D eigenvalue weighted by atomic mass is 10.1. The van der Waals surface area contributed by atoms with Crippen molar-refractivity contribution in [3.8, 4) is 0 Å². The molecule has 7 heteroatoms. The number of hydrogen-bond donors (Lipinski definition) is 2. The SMILES string of the molecule is O=C(O)N1CCN(C(=O)OCc2ccccc2)C(CCO)C1. The Morgan fingerprint density at radius 2 is 1.95 bits per heavy atom. The molecule has 0 bridgehead atoms. The minimum absolute atomic E-state index is 0.111. The van der Waals surface area contributed by atoms with Crippen molar-refractivity contribution >= 4 is 12.2 Å². The molecule has 0 aliphatic carbocycles. The van der Waals surface area contributed by atoms with Gasteiger partial charge in [0, 0.05) is 26.2 Å². The van der Waals surface area contributed by atoms with E-state index >= 15 is 0 Å². The average molecular weight is 308 g/mol. The molecule has 1 atom stereocenters. The van der Waals surface area contributed by atoms with Gasteiger partial charge < -0.3 is 24.7 Å². The molecule has 2 rings (SSSR count). The lowest BCUT2D eigenvalue weighted by Gasteiger charge is -2.39. The summed E-state index contributed by atoms with van der Waals surface area (Å²) in [7, 11) is 0. The fourth-order valence-corrected chi connectivity index (χ4v) is 2.47. The standard InChI is InChI=1S/C15H20N2O5/c18-9-6-13-10-16(14(19)20)7-8-17(13)15(21)22-11-12-4-2-1-3-5-12/h1-5,13,18H,6-11H2,(H,19,20). The number of carboxylic acid groups (broad SMARTS) is 1. The molecule has 0 spiro atoms. The topological polar surface area (TPSA) is 90.3 Å². The van der Waals surface area contributed by atoms with Crippen LogP contribution < -0.4 is 0 Å². The van der Waals surface area contributed by atoms with Crippen LogP contribution in [0.3, 0.4) is 0 Å². The molecular weight excluding hydrogens is 288 g/mol. The number of amides is 2. The fourth-order valence-electron chi connectivity index (χ4n) is 2.47. The summed E-state index contributed by atoms with van der Waals surface area (Å²) < 4.78 is 5.28. The van der Waals surface area contributed by atoms with Gasteiger partial charge in [0.1, 0.15) is 6.61 Å². The van der Waals surface area contributed by atoms with Gasteiger partial charge in [0.25, 0.3) is 0 Å². The summed E-state index contributed by atoms with van der Waals surface area (Å²) in [6.07, 6.45) is -1.17. The van der Waals surface area contributed by atoms with Gasteiger partial charge in [-0.1, -0.05) is 30.3 Å². The minimum Gasteiger partial charge on any atom is -0.465 e. The van der Waals surface area contributed by atoms with Crippen LogP contribution in [0.25, 0.3) is 0 Å². The Morgan fingerprint density at radius 1 is 1.23 bits per heavy atom. The summed E-state index contributed by atoms with van der Waals surface area (Å²) in [5, 5.41) is 18.1. The second-order valence-corrected chi connectivity index (χ2v) is 5.13. The zero-order chi connectivity index (χ0) is 15.9. The Morgan fingerprint density at radius 3 is 2.59 bits per heavy atom. The maximum Gasteiger partial charge on any atom is 0.410 e. The fraction of sp³-hybridized carbons (Fsp3) is 0.467. The first kappa shape index (κ1) is 16.1. The van der Waals surface area contributed by atoms with Crippen LogP contribution >= 0.6 is 0 Å². The number of benzene rings is 1. The van der Waals surface area contributed by atoms with Crippen molar-refractivity contribution < 1.29 is 24.5 Å². The maximum atomic E-state index is 12.2. The number of rotatable bonds is 4. The molecule has 1 heterocycles. The van der Waals surface area contributed by atoms with Crippen molar-refractivity contribution in [1.82, 2.24) is 9.80 Å². The van der Waals surface area contributed by atoms with Crippen molar-refractivity contribution in [2.75, 3.05) is 26.2 Å². The number of carbonyl (C=O) groups excluding carboxylic acids is 1. The number of carbonyl (C=O) groups is 2. The molecule has 1 saturated heterocycles. The highest BCUT2D eigenvalue weighted by Crippen LogP contribution is 2.15. The first-order valence-corrected chi connectivity index (χ1v) is 7.18. The van der Waals surface area contributed by atoms with Gasteiger partial charge in [0.2, 0.25) is 0 Å². The lowest BCUT2D eigenvalue weighted by molar-refractivity contribution is 0.0358. The summed E-state index contributed by atoms with van der Waals surface area (Å²) in [5.74, 6) is 0. The van der Waals surface area contributed by atoms with E-state index in [9.17, 15) is 9.59 Å². The normalized spacial score (nSPS) is 18.1. The Labute approximate surface area is 128 Å². The molecule has 120 valence electrons. The third kappa shape index (κ3) is 4.11. The first-order chi connectivity index (χ1) is 10.6. The summed E-state index contributed by atoms with van der Waals surface area (Å²) in [5.41, 5.74) is 0.888. The lowest BCUT2D eigenvalue weighted by Crippen LogP contribution is -2.56. The summed E-state index contributed by atoms with van der Waals surface area (Å²) in [6, 6.07) is 8.97. The summed E-state index contributed by atoms with van der Waals surface area (Å²) >= 11 is 0. The van der Waals surface area contributed by atoms with E-state index in [4.69, 9.17) is 14.9 Å². The van der Waals surface area contributed by atoms with Crippen LogP contribution in [0.2, 0.25) is 0 Å². The molecule has 2 amide bonds. The third-order valence-electron chi connectivity index (χ3n) is 3.66. The third-order valence-corrected chi connectivity index (χ3v) is 3.66. The number of piperazine rings is 1. The number of aliphatic hydroxyl groups excluding tert-OH is 1. The van der Waals surface area contributed by atoms with Gasteiger partial charge in [0.15, 0.2) is 0 Å². The molecular formula is C15H20N2O5. The Balaban J connectivity index is 1.93. The minimum atomic E-state index is -1.01. The monoisotopic (exact) mass is 308 g/mol. The second-order valence-electron chi connectivity index (χ2n) is 5.13. The molecule has 0 saturated carbocycles. The van der Waals surface area contributed by atoms with Crippen molar-refractivity contribution in [2.24, 2.45) is 0 Å². The molecule has 7 nitrogen and oxygen atoms in total. The van der Waals surface area contributed by atoms with Gasteiger partial charge in [-0.3, -0.25) is 0 Å². The van der Waals surface area contributed by atoms with Gasteiger partial charge in [0.05, 0.1) is 6.04 Å². The van der Waals surface area contributed by atoms with Crippen LogP contribution in [0, 0.1) is 0 Å². The molecule has 1 aliphatic rings. The van der Waals surface area contributed by atoms with Crippen LogP contribution in [0.5, 0.6) is 0 Å². The molecule has 1 unspecified atom stereocenters. The van der Waals surface area contributed by atoms with E-state index in [0.29, 0.717) is 6.42 Å². The molecule has 1 aromatic rings. The van der Waals surface area contributed by atoms with E-state index in [1.165, 1.54) is 9.80 Å². The predicted octanol–water partition coefficient (Wildman–Crippen LogP) is 1.37. The first-order valence-electron chi connectivity index (χ1n) is 7.18. The molecule has 1 aromatic carbocycles. The molecule has 1 aliphatic heterocycles. The van der Waals surface area contributed by atoms with Crippen LogP contribution in [-0.4, -0.2) is 64.5 Å². The highest BCUT2D eigenvalue weighted by Gasteiger charge is 2.32. The van der Waals surface area contributed by atoms with Crippen LogP contribution in [0.4, 0.5) is 9.59 Å². The molecule has 1 fully saturated rings. The van der Waals surface area contributed by atoms with Gasteiger partial charge >= 0.3 is 12.2 Å². The van der Waals surface area contributed by atoms with Crippen LogP contribution in [0.15, 0.2) is 30.3 Å². The van der Waals surface area contributed by atoms with Crippen molar-refractivity contribution in [1.29, 1.82) is 0 Å². The van der Waals surface area contributed by atoms with E-state index in [1.54, 1.807) is 0 Å². The highest BCUT2D eigenvalue weighted by molar-refractivity contribution is 5.70. The van der Waals surface area contributed by atoms with Crippen molar-refractivity contribution in [3.63, 3.8) is 0 Å². The van der Waals surface area contributed by atoms with E-state index in [0.717, 1.165) is 5.56 Å². The zero-order valence-corrected chi connectivity index (χ0v) is 12.2. The Hall–Kier alpha value is -2.28. The Kier molecular flexibility index (Phi) is 5.60. The molecule has 2 N–H and O–H groups in total. The molecule has 22 heavy (non-hydrogen) atoms. The number of nitrogens with zero attached hydrogens (tertiary/aromatic N) is 2. The maximum absolute atomic E-state index is 12.2.